The molecule has 1 heterocycles. The van der Waals surface area contributed by atoms with Crippen LogP contribution in [0.2, 0.25) is 0 Å². The van der Waals surface area contributed by atoms with Gasteiger partial charge in [-0.2, -0.15) is 0 Å². The molecule has 1 aliphatic rings. The number of carbonyl (C=O) groups excluding carboxylic acids is 2. The number of benzene rings is 1. The second kappa shape index (κ2) is 12.8. The lowest BCUT2D eigenvalue weighted by atomic mass is 10.1. The summed E-state index contributed by atoms with van der Waals surface area (Å²) >= 11 is 0. The zero-order valence-electron chi connectivity index (χ0n) is 18.4. The molecule has 0 bridgehead atoms. The number of hydrogen-bond acceptors (Lipinski definition) is 7. The van der Waals surface area contributed by atoms with Gasteiger partial charge in [0.15, 0.2) is 5.03 Å². The Morgan fingerprint density at radius 1 is 1.35 bits per heavy atom. The van der Waals surface area contributed by atoms with Gasteiger partial charge in [0.2, 0.25) is 21.8 Å². The first-order chi connectivity index (χ1) is 16.1. The molecule has 1 aromatic rings. The number of amides is 2. The first-order valence-electron chi connectivity index (χ1n) is 10.5. The summed E-state index contributed by atoms with van der Waals surface area (Å²) in [6, 6.07) is 7.04. The standard InChI is InChI=1S/C19H29N7O7S/c20-19(23-26(30)31)21-9-4-7-15(12-27)22-17(28)11-25-10-8-16(18(25)29)24-34(32,33)13-14-5-2-1-3-6-14/h1-3,5-6,15-16,24,27H,4,7-13H2,(H,22,28)(H3,20,21,23)/t15-,16-/m0/s1. The molecule has 0 radical (unpaired) electrons. The first kappa shape index (κ1) is 26.9. The minimum absolute atomic E-state index is 0.216. The van der Waals surface area contributed by atoms with E-state index >= 15 is 0 Å². The third kappa shape index (κ3) is 9.29. The number of nitrogens with one attached hydrogen (secondary N) is 3. The van der Waals surface area contributed by atoms with Gasteiger partial charge in [0.25, 0.3) is 5.96 Å². The Morgan fingerprint density at radius 3 is 2.71 bits per heavy atom. The Labute approximate surface area is 196 Å². The first-order valence-corrected chi connectivity index (χ1v) is 12.2. The Hall–Kier alpha value is -3.30. The van der Waals surface area contributed by atoms with Crippen molar-refractivity contribution in [3.8, 4) is 0 Å². The molecule has 14 nitrogen and oxygen atoms in total. The molecule has 1 saturated heterocycles. The van der Waals surface area contributed by atoms with Crippen LogP contribution in [0.3, 0.4) is 0 Å². The molecule has 1 aliphatic heterocycles. The Balaban J connectivity index is 1.77. The number of hydrogen-bond donors (Lipinski definition) is 5. The number of aliphatic hydroxyl groups excluding tert-OH is 1. The van der Waals surface area contributed by atoms with Gasteiger partial charge < -0.3 is 26.4 Å². The Kier molecular flexibility index (Phi) is 10.2. The average molecular weight is 500 g/mol. The molecule has 0 aromatic heterocycles. The van der Waals surface area contributed by atoms with Gasteiger partial charge in [0.1, 0.15) is 11.1 Å². The van der Waals surface area contributed by atoms with Crippen molar-refractivity contribution >= 4 is 27.8 Å². The van der Waals surface area contributed by atoms with Gasteiger partial charge in [-0.05, 0) is 24.8 Å². The molecule has 15 heteroatoms. The number of sulfonamides is 1. The van der Waals surface area contributed by atoms with E-state index in [2.05, 4.69) is 20.5 Å². The van der Waals surface area contributed by atoms with Crippen molar-refractivity contribution in [3.63, 3.8) is 0 Å². The van der Waals surface area contributed by atoms with E-state index < -0.39 is 39.0 Å². The van der Waals surface area contributed by atoms with Crippen LogP contribution < -0.4 is 21.1 Å². The van der Waals surface area contributed by atoms with Gasteiger partial charge in [-0.25, -0.2) is 23.3 Å². The summed E-state index contributed by atoms with van der Waals surface area (Å²) in [5.74, 6) is -1.59. The summed E-state index contributed by atoms with van der Waals surface area (Å²) in [6.07, 6.45) is 1.01. The molecule has 2 atom stereocenters. The van der Waals surface area contributed by atoms with Crippen molar-refractivity contribution in [1.82, 2.24) is 20.3 Å². The second-order valence-electron chi connectivity index (χ2n) is 7.70. The molecule has 0 aliphatic carbocycles. The lowest BCUT2D eigenvalue weighted by molar-refractivity contribution is -0.485. The molecule has 2 rings (SSSR count). The van der Waals surface area contributed by atoms with Crippen molar-refractivity contribution in [2.45, 2.75) is 37.1 Å². The third-order valence-corrected chi connectivity index (χ3v) is 6.32. The lowest BCUT2D eigenvalue weighted by Gasteiger charge is -2.20. The summed E-state index contributed by atoms with van der Waals surface area (Å²) < 4.78 is 27.2. The van der Waals surface area contributed by atoms with E-state index in [4.69, 9.17) is 5.73 Å². The fourth-order valence-corrected chi connectivity index (χ4v) is 4.77. The summed E-state index contributed by atoms with van der Waals surface area (Å²) in [4.78, 5) is 36.4. The van der Waals surface area contributed by atoms with Gasteiger partial charge in [-0.15, -0.1) is 0 Å². The third-order valence-electron chi connectivity index (χ3n) is 4.96. The van der Waals surface area contributed by atoms with Crippen LogP contribution in [0.5, 0.6) is 0 Å². The summed E-state index contributed by atoms with van der Waals surface area (Å²) in [5, 5.41) is 26.8. The SMILES string of the molecule is N/C(=N\[N+](=O)[O-])NCCC[C@@H](CO)NC(=O)CN1CC[C@H](NS(=O)(=O)Cc2ccccc2)C1=O. The highest BCUT2D eigenvalue weighted by atomic mass is 32.2. The van der Waals surface area contributed by atoms with Crippen LogP contribution >= 0.6 is 0 Å². The number of hydrazone groups is 1. The van der Waals surface area contributed by atoms with Crippen LogP contribution in [0.25, 0.3) is 0 Å². The summed E-state index contributed by atoms with van der Waals surface area (Å²) in [7, 11) is -3.74. The second-order valence-corrected chi connectivity index (χ2v) is 9.46. The maximum Gasteiger partial charge on any atom is 0.266 e. The van der Waals surface area contributed by atoms with Gasteiger partial charge in [-0.3, -0.25) is 9.59 Å². The number of nitrogens with two attached hydrogens (primary N) is 1. The van der Waals surface area contributed by atoms with E-state index in [-0.39, 0.29) is 44.4 Å². The van der Waals surface area contributed by atoms with Crippen LogP contribution in [0, 0.1) is 10.1 Å². The number of carbonyl (C=O) groups is 2. The number of nitrogens with zero attached hydrogens (tertiary/aromatic N) is 3. The van der Waals surface area contributed by atoms with E-state index in [0.29, 0.717) is 18.4 Å². The van der Waals surface area contributed by atoms with Gasteiger partial charge >= 0.3 is 0 Å². The van der Waals surface area contributed by atoms with E-state index in [0.717, 1.165) is 0 Å². The van der Waals surface area contributed by atoms with Crippen LogP contribution in [0.15, 0.2) is 35.4 Å². The number of likely N-dealkylation sites (tertiary alicyclic amines) is 1. The highest BCUT2D eigenvalue weighted by Crippen LogP contribution is 2.14. The van der Waals surface area contributed by atoms with Crippen LogP contribution in [-0.4, -0.2) is 79.6 Å². The molecule has 0 saturated carbocycles. The maximum atomic E-state index is 12.6. The topological polar surface area (TPSA) is 209 Å². The Morgan fingerprint density at radius 2 is 2.06 bits per heavy atom. The van der Waals surface area contributed by atoms with E-state index in [1.807, 2.05) is 0 Å². The summed E-state index contributed by atoms with van der Waals surface area (Å²) in [5.41, 5.74) is 5.89. The molecular weight excluding hydrogens is 470 g/mol. The molecule has 0 unspecified atom stereocenters. The van der Waals surface area contributed by atoms with Crippen molar-refractivity contribution in [1.29, 1.82) is 0 Å². The van der Waals surface area contributed by atoms with Gasteiger partial charge in [-0.1, -0.05) is 30.3 Å². The lowest BCUT2D eigenvalue weighted by Crippen LogP contribution is -2.47. The molecular formula is C19H29N7O7S. The van der Waals surface area contributed by atoms with Crippen molar-refractivity contribution in [2.75, 3.05) is 26.2 Å². The van der Waals surface area contributed by atoms with Gasteiger partial charge in [0, 0.05) is 13.1 Å². The van der Waals surface area contributed by atoms with E-state index in [1.54, 1.807) is 30.3 Å². The van der Waals surface area contributed by atoms with E-state index in [9.17, 15) is 33.2 Å². The fourth-order valence-electron chi connectivity index (χ4n) is 3.40. The van der Waals surface area contributed by atoms with Crippen LogP contribution in [-0.2, 0) is 25.4 Å². The van der Waals surface area contributed by atoms with Crippen molar-refractivity contribution < 1.29 is 28.1 Å². The fraction of sp³-hybridized carbons (Fsp3) is 0.526. The number of guanidine groups is 1. The maximum absolute atomic E-state index is 12.6. The van der Waals surface area contributed by atoms with Crippen molar-refractivity contribution in [3.05, 3.63) is 46.0 Å². The molecule has 1 fully saturated rings. The minimum atomic E-state index is -3.74. The zero-order valence-corrected chi connectivity index (χ0v) is 19.2. The number of nitro groups is 1. The predicted molar refractivity (Wildman–Crippen MR) is 122 cm³/mol. The van der Waals surface area contributed by atoms with E-state index in [1.165, 1.54) is 4.90 Å². The largest absolute Gasteiger partial charge is 0.394 e. The normalized spacial score (nSPS) is 17.4. The molecule has 0 spiro atoms. The predicted octanol–water partition coefficient (Wildman–Crippen LogP) is -1.94. The minimum Gasteiger partial charge on any atom is -0.394 e. The smallest absolute Gasteiger partial charge is 0.266 e. The molecule has 188 valence electrons. The summed E-state index contributed by atoms with van der Waals surface area (Å²) in [6.45, 7) is -0.161. The average Bonchev–Trinajstić information content (AvgIpc) is 3.08. The number of aliphatic hydroxyl groups is 1. The van der Waals surface area contributed by atoms with Crippen molar-refractivity contribution in [2.24, 2.45) is 10.8 Å². The van der Waals surface area contributed by atoms with Crippen LogP contribution in [0.4, 0.5) is 0 Å². The quantitative estimate of drug-likeness (QED) is 0.0671. The number of rotatable bonds is 13. The molecule has 2 amide bonds. The zero-order chi connectivity index (χ0) is 25.1. The highest BCUT2D eigenvalue weighted by molar-refractivity contribution is 7.88. The monoisotopic (exact) mass is 499 g/mol. The van der Waals surface area contributed by atoms with Gasteiger partial charge in [0.05, 0.1) is 24.9 Å². The molecule has 1 aromatic carbocycles. The molecule has 6 N–H and O–H groups in total. The van der Waals surface area contributed by atoms with Crippen LogP contribution in [0.1, 0.15) is 24.8 Å². The Bertz CT molecular complexity index is 988. The molecule has 34 heavy (non-hydrogen) atoms. The highest BCUT2D eigenvalue weighted by Gasteiger charge is 2.35.